The van der Waals surface area contributed by atoms with Gasteiger partial charge in [-0.3, -0.25) is 0 Å². The maximum atomic E-state index is 7.50. The van der Waals surface area contributed by atoms with Crippen molar-refractivity contribution in [1.82, 2.24) is 0 Å². The van der Waals surface area contributed by atoms with Crippen LogP contribution in [0.25, 0.3) is 0 Å². The Hall–Kier alpha value is -1.06. The average molecular weight is 580 g/mol. The van der Waals surface area contributed by atoms with Gasteiger partial charge in [-0.2, -0.15) is 0 Å². The van der Waals surface area contributed by atoms with E-state index in [1.54, 1.807) is 14.2 Å². The van der Waals surface area contributed by atoms with Gasteiger partial charge in [-0.1, -0.05) is 0 Å². The molecule has 1 aliphatic carbocycles. The first-order valence-corrected chi connectivity index (χ1v) is 12.2. The first-order valence-electron chi connectivity index (χ1n) is 7.31. The Labute approximate surface area is 179 Å². The van der Waals surface area contributed by atoms with E-state index in [1.165, 1.54) is 19.4 Å². The topological polar surface area (TPSA) is 127 Å². The van der Waals surface area contributed by atoms with Crippen molar-refractivity contribution >= 4 is 12.4 Å². The summed E-state index contributed by atoms with van der Waals surface area (Å²) < 4.78 is 55.8. The molecule has 28 heavy (non-hydrogen) atoms. The van der Waals surface area contributed by atoms with Crippen LogP contribution in [0.15, 0.2) is 11.8 Å². The molecule has 3 atom stereocenters. The van der Waals surface area contributed by atoms with Gasteiger partial charge in [0, 0.05) is 0 Å². The van der Waals surface area contributed by atoms with E-state index >= 15 is 0 Å². The molecule has 1 aliphatic rings. The predicted molar refractivity (Wildman–Crippen MR) is 92.2 cm³/mol. The Morgan fingerprint density at radius 1 is 0.964 bits per heavy atom. The van der Waals surface area contributed by atoms with Crippen LogP contribution in [0.1, 0.15) is 13.3 Å². The summed E-state index contributed by atoms with van der Waals surface area (Å²) in [6.45, 7) is 31.4. The molecule has 0 saturated heterocycles. The standard InChI is InChI=1S/C13H24O3Si.5CO.W/c1-10-7-11(16-17(4,5)6)8-13(15-3)12(10)9-14-2;5*1-2;/h8,10,12-13H,7H2,1-6H3;;;;;;/t10-,12+,13+;;;;;;/m0....../s1. The van der Waals surface area contributed by atoms with E-state index in [0.717, 1.165) is 16.3 Å². The quantitative estimate of drug-likeness (QED) is 0.282. The fourth-order valence-electron chi connectivity index (χ4n) is 2.31. The zero-order chi connectivity index (χ0) is 23.9. The van der Waals surface area contributed by atoms with E-state index < -0.39 is 8.32 Å². The molecule has 0 N–H and O–H groups in total. The summed E-state index contributed by atoms with van der Waals surface area (Å²) in [6, 6.07) is 0. The molecule has 0 aromatic heterocycles. The summed E-state index contributed by atoms with van der Waals surface area (Å²) in [7, 11) is 1.98. The molecular weight excluding hydrogens is 556 g/mol. The third kappa shape index (κ3) is 18.3. The monoisotopic (exact) mass is 580 g/mol. The molecule has 10 heteroatoms. The molecule has 0 fully saturated rings. The van der Waals surface area contributed by atoms with Gasteiger partial charge in [-0.15, -0.1) is 0 Å². The Morgan fingerprint density at radius 2 is 1.36 bits per heavy atom. The molecule has 0 bridgehead atoms. The molecule has 0 spiro atoms. The first kappa shape index (κ1) is 37.7. The Kier molecular flexibility index (Phi) is 34.9. The van der Waals surface area contributed by atoms with Crippen LogP contribution in [0.5, 0.6) is 0 Å². The summed E-state index contributed by atoms with van der Waals surface area (Å²) in [5.41, 5.74) is 0. The van der Waals surface area contributed by atoms with Crippen LogP contribution in [0.3, 0.4) is 0 Å². The third-order valence-corrected chi connectivity index (χ3v) is 5.47. The molecular formula is C18H24O8SiW. The van der Waals surface area contributed by atoms with Crippen LogP contribution >= 0.6 is 0 Å². The van der Waals surface area contributed by atoms with Crippen LogP contribution in [0.4, 0.5) is 0 Å². The molecule has 0 unspecified atom stereocenters. The number of hydrogen-bond acceptors (Lipinski definition) is 3. The van der Waals surface area contributed by atoms with Crippen molar-refractivity contribution in [2.75, 3.05) is 14.2 Å². The molecule has 1 rings (SSSR count). The van der Waals surface area contributed by atoms with Crippen molar-refractivity contribution in [3.05, 3.63) is 45.1 Å². The van der Waals surface area contributed by atoms with E-state index in [-0.39, 0.29) is 6.10 Å². The molecule has 8 nitrogen and oxygen atoms in total. The second-order valence-corrected chi connectivity index (χ2v) is 11.7. The minimum absolute atomic E-state index is 0.0764. The van der Waals surface area contributed by atoms with Gasteiger partial charge in [-0.05, 0) is 0 Å². The fraction of sp³-hybridized carbons (Fsp3) is 0.556. The first-order chi connectivity index (χ1) is 13.3. The fourth-order valence-corrected chi connectivity index (χ4v) is 4.56. The van der Waals surface area contributed by atoms with Crippen molar-refractivity contribution in [3.63, 3.8) is 0 Å². The Morgan fingerprint density at radius 3 is 1.64 bits per heavy atom. The molecule has 0 heterocycles. The van der Waals surface area contributed by atoms with Gasteiger partial charge in [0.1, 0.15) is 0 Å². The van der Waals surface area contributed by atoms with Gasteiger partial charge in [0.25, 0.3) is 0 Å². The molecule has 0 saturated carbocycles. The molecule has 0 aromatic rings. The SMILES string of the molecule is CO[C](=[W])[C@@H]1[C@@H](C)CC(O[Si](C)(C)C)=C[C@H]1OC.[C-]#[O+].[C-]#[O+].[C-]#[O+].[C-]#[O+].[C-]#[O+]. The molecule has 0 amide bonds. The van der Waals surface area contributed by atoms with Gasteiger partial charge in [-0.25, -0.2) is 0 Å². The summed E-state index contributed by atoms with van der Waals surface area (Å²) in [5, 5.41) is 0. The zero-order valence-corrected chi connectivity index (χ0v) is 20.6. The maximum absolute atomic E-state index is 7.50. The summed E-state index contributed by atoms with van der Waals surface area (Å²) in [6.07, 6.45) is 3.20. The second-order valence-electron chi connectivity index (χ2n) is 5.78. The number of ether oxygens (including phenoxy) is 2. The van der Waals surface area contributed by atoms with Crippen molar-refractivity contribution in [2.24, 2.45) is 11.8 Å². The van der Waals surface area contributed by atoms with Gasteiger partial charge < -0.3 is 0 Å². The van der Waals surface area contributed by atoms with Gasteiger partial charge in [0.05, 0.1) is 0 Å². The summed E-state index contributed by atoms with van der Waals surface area (Å²) >= 11 is 1.38. The number of rotatable bonds is 5. The zero-order valence-electron chi connectivity index (χ0n) is 16.7. The average Bonchev–Trinajstić information content (AvgIpc) is 2.73. The van der Waals surface area contributed by atoms with Crippen LogP contribution in [0.2, 0.25) is 19.6 Å². The second kappa shape index (κ2) is 25.9. The van der Waals surface area contributed by atoms with Gasteiger partial charge in [0.2, 0.25) is 0 Å². The van der Waals surface area contributed by atoms with E-state index in [0.29, 0.717) is 11.8 Å². The summed E-state index contributed by atoms with van der Waals surface area (Å²) in [4.78, 5) is 0. The van der Waals surface area contributed by atoms with E-state index in [1.807, 2.05) is 0 Å². The van der Waals surface area contributed by atoms with Crippen LogP contribution in [0, 0.1) is 45.1 Å². The predicted octanol–water partition coefficient (Wildman–Crippen LogP) is 2.53. The van der Waals surface area contributed by atoms with Gasteiger partial charge >= 0.3 is 179 Å². The number of hydrogen-bond donors (Lipinski definition) is 0. The number of methoxy groups -OCH3 is 2. The van der Waals surface area contributed by atoms with Gasteiger partial charge in [0.15, 0.2) is 0 Å². The number of allylic oxidation sites excluding steroid dienone is 1. The molecule has 154 valence electrons. The van der Waals surface area contributed by atoms with E-state index in [2.05, 4.69) is 65.9 Å². The van der Waals surface area contributed by atoms with Crippen LogP contribution < -0.4 is 0 Å². The molecule has 0 radical (unpaired) electrons. The van der Waals surface area contributed by atoms with Crippen LogP contribution in [-0.4, -0.2) is 32.7 Å². The Balaban J connectivity index is -0.000000153. The van der Waals surface area contributed by atoms with Crippen molar-refractivity contribution in [3.8, 4) is 0 Å². The van der Waals surface area contributed by atoms with Crippen LogP contribution in [-0.2, 0) is 56.5 Å². The van der Waals surface area contributed by atoms with Crippen molar-refractivity contribution < 1.29 is 56.5 Å². The van der Waals surface area contributed by atoms with E-state index in [9.17, 15) is 0 Å². The van der Waals surface area contributed by atoms with Crippen molar-refractivity contribution in [2.45, 2.75) is 39.1 Å². The third-order valence-electron chi connectivity index (χ3n) is 3.02. The van der Waals surface area contributed by atoms with Crippen molar-refractivity contribution in [1.29, 1.82) is 0 Å². The normalized spacial score (nSPS) is 18.9. The Bertz CT molecular complexity index is 494. The minimum atomic E-state index is -1.53. The van der Waals surface area contributed by atoms with E-state index in [4.69, 9.17) is 37.2 Å². The molecule has 0 aromatic carbocycles. The summed E-state index contributed by atoms with van der Waals surface area (Å²) in [5.74, 6) is 1.95. The molecule has 0 aliphatic heterocycles.